The average molecular weight is 275 g/mol. The Bertz CT molecular complexity index is 604. The van der Waals surface area contributed by atoms with E-state index < -0.39 is 5.97 Å². The van der Waals surface area contributed by atoms with E-state index in [1.54, 1.807) is 14.0 Å². The van der Waals surface area contributed by atoms with Gasteiger partial charge in [0.2, 0.25) is 11.7 Å². The van der Waals surface area contributed by atoms with Crippen molar-refractivity contribution in [2.24, 2.45) is 0 Å². The summed E-state index contributed by atoms with van der Waals surface area (Å²) in [4.78, 5) is 16.2. The van der Waals surface area contributed by atoms with Gasteiger partial charge in [0, 0.05) is 0 Å². The zero-order chi connectivity index (χ0) is 14.5. The Morgan fingerprint density at radius 3 is 2.70 bits per heavy atom. The minimum atomic E-state index is -0.488. The number of aromatic nitrogens is 1. The number of esters is 1. The first-order valence-corrected chi connectivity index (χ1v) is 6.51. The maximum Gasteiger partial charge on any atom is 0.376 e. The SMILES string of the molecule is CCOC(=O)c1oc(-c2ccccc2OC)nc1CC. The fraction of sp³-hybridized carbons (Fsp3) is 0.333. The molecule has 0 amide bonds. The highest BCUT2D eigenvalue weighted by molar-refractivity contribution is 5.88. The minimum absolute atomic E-state index is 0.162. The quantitative estimate of drug-likeness (QED) is 0.785. The van der Waals surface area contributed by atoms with E-state index >= 15 is 0 Å². The predicted molar refractivity (Wildman–Crippen MR) is 73.8 cm³/mol. The maximum absolute atomic E-state index is 11.8. The number of nitrogens with zero attached hydrogens (tertiary/aromatic N) is 1. The third-order valence-corrected chi connectivity index (χ3v) is 2.83. The Hall–Kier alpha value is -2.30. The van der Waals surface area contributed by atoms with Gasteiger partial charge in [-0.05, 0) is 25.5 Å². The van der Waals surface area contributed by atoms with E-state index in [4.69, 9.17) is 13.9 Å². The fourth-order valence-electron chi connectivity index (χ4n) is 1.88. The number of benzene rings is 1. The summed E-state index contributed by atoms with van der Waals surface area (Å²) in [6, 6.07) is 7.37. The highest BCUT2D eigenvalue weighted by atomic mass is 16.5. The topological polar surface area (TPSA) is 61.6 Å². The Kier molecular flexibility index (Phi) is 4.40. The molecule has 0 spiro atoms. The van der Waals surface area contributed by atoms with Crippen LogP contribution in [0.15, 0.2) is 28.7 Å². The van der Waals surface area contributed by atoms with E-state index in [1.807, 2.05) is 31.2 Å². The number of ether oxygens (including phenoxy) is 2. The molecule has 2 aromatic rings. The molecular weight excluding hydrogens is 258 g/mol. The fourth-order valence-corrected chi connectivity index (χ4v) is 1.88. The molecule has 2 rings (SSSR count). The van der Waals surface area contributed by atoms with Crippen LogP contribution in [0.25, 0.3) is 11.5 Å². The number of oxazole rings is 1. The van der Waals surface area contributed by atoms with Gasteiger partial charge in [0.1, 0.15) is 5.75 Å². The van der Waals surface area contributed by atoms with Gasteiger partial charge >= 0.3 is 5.97 Å². The van der Waals surface area contributed by atoms with Gasteiger partial charge in [0.25, 0.3) is 0 Å². The zero-order valence-corrected chi connectivity index (χ0v) is 11.8. The number of para-hydroxylation sites is 1. The molecule has 0 bridgehead atoms. The maximum atomic E-state index is 11.8. The van der Waals surface area contributed by atoms with Gasteiger partial charge in [0.05, 0.1) is 25.0 Å². The van der Waals surface area contributed by atoms with Crippen molar-refractivity contribution in [3.63, 3.8) is 0 Å². The lowest BCUT2D eigenvalue weighted by Crippen LogP contribution is -2.05. The molecule has 0 aliphatic heterocycles. The standard InChI is InChI=1S/C15H17NO4/c1-4-11-13(15(17)19-5-2)20-14(16-11)10-8-6-7-9-12(10)18-3/h6-9H,4-5H2,1-3H3. The number of aryl methyl sites for hydroxylation is 1. The van der Waals surface area contributed by atoms with Crippen LogP contribution in [0.3, 0.4) is 0 Å². The molecule has 1 heterocycles. The first kappa shape index (κ1) is 14.1. The van der Waals surface area contributed by atoms with Gasteiger partial charge in [-0.15, -0.1) is 0 Å². The summed E-state index contributed by atoms with van der Waals surface area (Å²) in [5, 5.41) is 0. The Labute approximate surface area is 117 Å². The van der Waals surface area contributed by atoms with E-state index in [9.17, 15) is 4.79 Å². The first-order chi connectivity index (χ1) is 9.71. The summed E-state index contributed by atoms with van der Waals surface area (Å²) in [5.74, 6) is 0.683. The van der Waals surface area contributed by atoms with Crippen LogP contribution in [0.2, 0.25) is 0 Å². The van der Waals surface area contributed by atoms with Crippen molar-refractivity contribution in [1.82, 2.24) is 4.98 Å². The summed E-state index contributed by atoms with van der Waals surface area (Å²) in [6.07, 6.45) is 0.590. The monoisotopic (exact) mass is 275 g/mol. The van der Waals surface area contributed by atoms with Crippen LogP contribution in [-0.4, -0.2) is 24.7 Å². The molecule has 5 heteroatoms. The molecule has 5 nitrogen and oxygen atoms in total. The van der Waals surface area contributed by atoms with Crippen LogP contribution >= 0.6 is 0 Å². The zero-order valence-electron chi connectivity index (χ0n) is 11.8. The number of carbonyl (C=O) groups is 1. The highest BCUT2D eigenvalue weighted by Crippen LogP contribution is 2.30. The van der Waals surface area contributed by atoms with Crippen molar-refractivity contribution in [1.29, 1.82) is 0 Å². The lowest BCUT2D eigenvalue weighted by molar-refractivity contribution is 0.0489. The van der Waals surface area contributed by atoms with Crippen LogP contribution in [0, 0.1) is 0 Å². The first-order valence-electron chi connectivity index (χ1n) is 6.51. The van der Waals surface area contributed by atoms with Crippen LogP contribution in [0.1, 0.15) is 30.1 Å². The van der Waals surface area contributed by atoms with Gasteiger partial charge in [-0.2, -0.15) is 0 Å². The largest absolute Gasteiger partial charge is 0.496 e. The van der Waals surface area contributed by atoms with Gasteiger partial charge in [-0.25, -0.2) is 9.78 Å². The third-order valence-electron chi connectivity index (χ3n) is 2.83. The molecule has 0 aliphatic carbocycles. The van der Waals surface area contributed by atoms with Gasteiger partial charge in [0.15, 0.2) is 0 Å². The summed E-state index contributed by atoms with van der Waals surface area (Å²) in [5.41, 5.74) is 1.30. The third kappa shape index (κ3) is 2.66. The molecule has 0 saturated heterocycles. The van der Waals surface area contributed by atoms with E-state index in [0.717, 1.165) is 0 Å². The Morgan fingerprint density at radius 1 is 1.30 bits per heavy atom. The lowest BCUT2D eigenvalue weighted by Gasteiger charge is -2.03. The second-order valence-corrected chi connectivity index (χ2v) is 4.07. The van der Waals surface area contributed by atoms with Crippen molar-refractivity contribution in [3.05, 3.63) is 35.7 Å². The van der Waals surface area contributed by atoms with Crippen molar-refractivity contribution >= 4 is 5.97 Å². The number of rotatable bonds is 5. The number of carbonyl (C=O) groups excluding carboxylic acids is 1. The van der Waals surface area contributed by atoms with Crippen LogP contribution in [0.5, 0.6) is 5.75 Å². The molecule has 1 aromatic carbocycles. The molecule has 0 N–H and O–H groups in total. The number of hydrogen-bond acceptors (Lipinski definition) is 5. The second kappa shape index (κ2) is 6.23. The number of methoxy groups -OCH3 is 1. The van der Waals surface area contributed by atoms with Crippen molar-refractivity contribution in [2.45, 2.75) is 20.3 Å². The molecule has 106 valence electrons. The normalized spacial score (nSPS) is 10.3. The molecule has 1 aromatic heterocycles. The van der Waals surface area contributed by atoms with E-state index in [0.29, 0.717) is 35.9 Å². The lowest BCUT2D eigenvalue weighted by atomic mass is 10.2. The molecule has 0 saturated carbocycles. The average Bonchev–Trinajstić information content (AvgIpc) is 2.91. The van der Waals surface area contributed by atoms with Crippen LogP contribution < -0.4 is 4.74 Å². The van der Waals surface area contributed by atoms with Gasteiger partial charge in [-0.1, -0.05) is 19.1 Å². The molecular formula is C15H17NO4. The van der Waals surface area contributed by atoms with E-state index in [-0.39, 0.29) is 5.76 Å². The summed E-state index contributed by atoms with van der Waals surface area (Å²) >= 11 is 0. The summed E-state index contributed by atoms with van der Waals surface area (Å²) < 4.78 is 15.8. The number of hydrogen-bond donors (Lipinski definition) is 0. The molecule has 0 unspecified atom stereocenters. The highest BCUT2D eigenvalue weighted by Gasteiger charge is 2.22. The van der Waals surface area contributed by atoms with Crippen molar-refractivity contribution in [3.8, 4) is 17.2 Å². The molecule has 0 radical (unpaired) electrons. The van der Waals surface area contributed by atoms with Gasteiger partial charge < -0.3 is 13.9 Å². The van der Waals surface area contributed by atoms with Crippen LogP contribution in [0.4, 0.5) is 0 Å². The predicted octanol–water partition coefficient (Wildman–Crippen LogP) is 3.09. The molecule has 0 atom stereocenters. The Balaban J connectivity index is 2.46. The molecule has 0 fully saturated rings. The minimum Gasteiger partial charge on any atom is -0.496 e. The van der Waals surface area contributed by atoms with E-state index in [2.05, 4.69) is 4.98 Å². The van der Waals surface area contributed by atoms with Gasteiger partial charge in [-0.3, -0.25) is 0 Å². The smallest absolute Gasteiger partial charge is 0.376 e. The molecule has 20 heavy (non-hydrogen) atoms. The second-order valence-electron chi connectivity index (χ2n) is 4.07. The summed E-state index contributed by atoms with van der Waals surface area (Å²) in [6.45, 7) is 3.96. The Morgan fingerprint density at radius 2 is 2.05 bits per heavy atom. The van der Waals surface area contributed by atoms with E-state index in [1.165, 1.54) is 0 Å². The van der Waals surface area contributed by atoms with Crippen molar-refractivity contribution in [2.75, 3.05) is 13.7 Å². The van der Waals surface area contributed by atoms with Crippen molar-refractivity contribution < 1.29 is 18.7 Å². The summed E-state index contributed by atoms with van der Waals surface area (Å²) in [7, 11) is 1.58. The molecule has 0 aliphatic rings. The van der Waals surface area contributed by atoms with Crippen LogP contribution in [-0.2, 0) is 11.2 Å².